The quantitative estimate of drug-likeness (QED) is 0.745. The molecule has 0 bridgehead atoms. The summed E-state index contributed by atoms with van der Waals surface area (Å²) in [7, 11) is 3.53. The molecular weight excluding hydrogens is 230 g/mol. The molecule has 0 radical (unpaired) electrons. The Balaban J connectivity index is 2.57. The second-order valence-electron chi connectivity index (χ2n) is 4.23. The van der Waals surface area contributed by atoms with E-state index in [0.717, 1.165) is 0 Å². The molecule has 1 aromatic rings. The van der Waals surface area contributed by atoms with Crippen molar-refractivity contribution in [1.82, 2.24) is 4.90 Å². The Hall–Kier alpha value is -1.59. The molecule has 5 heteroatoms. The number of carbonyl (C=O) groups is 1. The fraction of sp³-hybridized carbons (Fsp3) is 0.462. The molecule has 1 unspecified atom stereocenters. The van der Waals surface area contributed by atoms with Crippen molar-refractivity contribution in [3.63, 3.8) is 0 Å². The van der Waals surface area contributed by atoms with Crippen molar-refractivity contribution < 1.29 is 9.53 Å². The zero-order chi connectivity index (χ0) is 13.5. The first-order valence-electron chi connectivity index (χ1n) is 5.90. The number of likely N-dealkylation sites (N-methyl/N-ethyl adjacent to an activating group) is 1. The van der Waals surface area contributed by atoms with Gasteiger partial charge < -0.3 is 15.8 Å². The molecule has 0 aliphatic heterocycles. The van der Waals surface area contributed by atoms with Gasteiger partial charge in [0.15, 0.2) is 0 Å². The van der Waals surface area contributed by atoms with Crippen LogP contribution in [0.3, 0.4) is 0 Å². The topological polar surface area (TPSA) is 67.6 Å². The zero-order valence-corrected chi connectivity index (χ0v) is 11.1. The molecule has 0 heterocycles. The van der Waals surface area contributed by atoms with Gasteiger partial charge in [-0.2, -0.15) is 0 Å². The smallest absolute Gasteiger partial charge is 0.241 e. The molecule has 0 fully saturated rings. The van der Waals surface area contributed by atoms with Crippen molar-refractivity contribution in [1.29, 1.82) is 0 Å². The van der Waals surface area contributed by atoms with Crippen LogP contribution in [0.4, 0.5) is 11.4 Å². The third-order valence-corrected chi connectivity index (χ3v) is 2.91. The minimum atomic E-state index is -0.236. The van der Waals surface area contributed by atoms with Crippen LogP contribution in [0.25, 0.3) is 0 Å². The molecule has 100 valence electrons. The number of hydrogen-bond acceptors (Lipinski definition) is 4. The number of hydrogen-bond donors (Lipinski definition) is 2. The number of amides is 1. The van der Waals surface area contributed by atoms with Crippen LogP contribution >= 0.6 is 0 Å². The van der Waals surface area contributed by atoms with Crippen LogP contribution < -0.4 is 11.1 Å². The van der Waals surface area contributed by atoms with E-state index in [1.165, 1.54) is 0 Å². The molecule has 0 saturated heterocycles. The lowest BCUT2D eigenvalue weighted by molar-refractivity contribution is -0.120. The van der Waals surface area contributed by atoms with Gasteiger partial charge in [0.2, 0.25) is 5.91 Å². The van der Waals surface area contributed by atoms with E-state index in [-0.39, 0.29) is 11.9 Å². The molecule has 0 aliphatic rings. The van der Waals surface area contributed by atoms with Gasteiger partial charge in [0.25, 0.3) is 0 Å². The fourth-order valence-corrected chi connectivity index (χ4v) is 1.48. The summed E-state index contributed by atoms with van der Waals surface area (Å²) in [6.45, 7) is 3.15. The average Bonchev–Trinajstić information content (AvgIpc) is 2.37. The molecule has 3 N–H and O–H groups in total. The molecule has 0 spiro atoms. The third kappa shape index (κ3) is 4.01. The largest absolute Gasteiger partial charge is 0.397 e. The number of nitrogen functional groups attached to an aromatic ring is 1. The number of nitrogens with one attached hydrogen (secondary N) is 1. The van der Waals surface area contributed by atoms with Crippen molar-refractivity contribution in [2.45, 2.75) is 13.0 Å². The molecule has 1 amide bonds. The van der Waals surface area contributed by atoms with Crippen LogP contribution in [0.15, 0.2) is 24.3 Å². The number of ether oxygens (including phenoxy) is 1. The van der Waals surface area contributed by atoms with Crippen LogP contribution in [0.5, 0.6) is 0 Å². The molecule has 0 saturated carbocycles. The first kappa shape index (κ1) is 14.5. The van der Waals surface area contributed by atoms with E-state index >= 15 is 0 Å². The standard InChI is InChI=1S/C13H21N3O2/c1-10(16(2)8-9-18-3)13(17)15-12-7-5-4-6-11(12)14/h4-7,10H,8-9,14H2,1-3H3,(H,15,17). The van der Waals surface area contributed by atoms with Gasteiger partial charge >= 0.3 is 0 Å². The van der Waals surface area contributed by atoms with Crippen LogP contribution in [0.1, 0.15) is 6.92 Å². The normalized spacial score (nSPS) is 12.4. The zero-order valence-electron chi connectivity index (χ0n) is 11.1. The summed E-state index contributed by atoms with van der Waals surface area (Å²) >= 11 is 0. The van der Waals surface area contributed by atoms with Crippen LogP contribution in [-0.2, 0) is 9.53 Å². The SMILES string of the molecule is COCCN(C)C(C)C(=O)Nc1ccccc1N. The van der Waals surface area contributed by atoms with Crippen molar-refractivity contribution in [3.8, 4) is 0 Å². The Kier molecular flexibility index (Phi) is 5.61. The monoisotopic (exact) mass is 251 g/mol. The van der Waals surface area contributed by atoms with E-state index in [1.807, 2.05) is 31.0 Å². The van der Waals surface area contributed by atoms with Gasteiger partial charge in [0.1, 0.15) is 0 Å². The molecular formula is C13H21N3O2. The highest BCUT2D eigenvalue weighted by molar-refractivity contribution is 5.96. The highest BCUT2D eigenvalue weighted by Crippen LogP contribution is 2.17. The predicted molar refractivity (Wildman–Crippen MR) is 73.5 cm³/mol. The molecule has 1 atom stereocenters. The highest BCUT2D eigenvalue weighted by Gasteiger charge is 2.18. The second kappa shape index (κ2) is 6.98. The van der Waals surface area contributed by atoms with E-state index < -0.39 is 0 Å². The molecule has 5 nitrogen and oxygen atoms in total. The Morgan fingerprint density at radius 2 is 2.17 bits per heavy atom. The Labute approximate surface area is 108 Å². The Bertz CT molecular complexity index is 396. The first-order chi connectivity index (χ1) is 8.56. The van der Waals surface area contributed by atoms with Crippen LogP contribution in [0.2, 0.25) is 0 Å². The van der Waals surface area contributed by atoms with Gasteiger partial charge in [0, 0.05) is 13.7 Å². The summed E-state index contributed by atoms with van der Waals surface area (Å²) in [6.07, 6.45) is 0. The summed E-state index contributed by atoms with van der Waals surface area (Å²) < 4.78 is 4.99. The van der Waals surface area contributed by atoms with E-state index in [4.69, 9.17) is 10.5 Å². The van der Waals surface area contributed by atoms with E-state index in [0.29, 0.717) is 24.5 Å². The molecule has 1 aromatic carbocycles. The highest BCUT2D eigenvalue weighted by atomic mass is 16.5. The van der Waals surface area contributed by atoms with Gasteiger partial charge in [-0.3, -0.25) is 9.69 Å². The molecule has 18 heavy (non-hydrogen) atoms. The maximum absolute atomic E-state index is 12.0. The summed E-state index contributed by atoms with van der Waals surface area (Å²) in [4.78, 5) is 13.9. The van der Waals surface area contributed by atoms with E-state index in [9.17, 15) is 4.79 Å². The number of rotatable bonds is 6. The number of nitrogens with two attached hydrogens (primary N) is 1. The number of nitrogens with zero attached hydrogens (tertiary/aromatic N) is 1. The van der Waals surface area contributed by atoms with Crippen LogP contribution in [0, 0.1) is 0 Å². The summed E-state index contributed by atoms with van der Waals surface area (Å²) in [5.41, 5.74) is 6.99. The number of anilines is 2. The van der Waals surface area contributed by atoms with E-state index in [2.05, 4.69) is 5.32 Å². The number of para-hydroxylation sites is 2. The molecule has 1 rings (SSSR count). The van der Waals surface area contributed by atoms with Crippen molar-refractivity contribution in [2.75, 3.05) is 38.4 Å². The lowest BCUT2D eigenvalue weighted by atomic mass is 10.2. The lowest BCUT2D eigenvalue weighted by Crippen LogP contribution is -2.41. The van der Waals surface area contributed by atoms with Gasteiger partial charge in [-0.05, 0) is 26.1 Å². The van der Waals surface area contributed by atoms with Gasteiger partial charge in [-0.25, -0.2) is 0 Å². The molecule has 0 aromatic heterocycles. The minimum Gasteiger partial charge on any atom is -0.397 e. The van der Waals surface area contributed by atoms with Gasteiger partial charge in [-0.1, -0.05) is 12.1 Å². The Morgan fingerprint density at radius 3 is 2.78 bits per heavy atom. The van der Waals surface area contributed by atoms with Crippen molar-refractivity contribution >= 4 is 17.3 Å². The summed E-state index contributed by atoms with van der Waals surface area (Å²) in [6, 6.07) is 6.98. The summed E-state index contributed by atoms with van der Waals surface area (Å²) in [5.74, 6) is -0.0773. The predicted octanol–water partition coefficient (Wildman–Crippen LogP) is 1.17. The molecule has 0 aliphatic carbocycles. The maximum Gasteiger partial charge on any atom is 0.241 e. The third-order valence-electron chi connectivity index (χ3n) is 2.91. The Morgan fingerprint density at radius 1 is 1.50 bits per heavy atom. The minimum absolute atomic E-state index is 0.0773. The average molecular weight is 251 g/mol. The lowest BCUT2D eigenvalue weighted by Gasteiger charge is -2.23. The number of carbonyl (C=O) groups excluding carboxylic acids is 1. The maximum atomic E-state index is 12.0. The summed E-state index contributed by atoms with van der Waals surface area (Å²) in [5, 5.41) is 2.82. The van der Waals surface area contributed by atoms with E-state index in [1.54, 1.807) is 19.2 Å². The van der Waals surface area contributed by atoms with Crippen molar-refractivity contribution in [2.24, 2.45) is 0 Å². The van der Waals surface area contributed by atoms with Crippen molar-refractivity contribution in [3.05, 3.63) is 24.3 Å². The van der Waals surface area contributed by atoms with Gasteiger partial charge in [0.05, 0.1) is 24.0 Å². The fourth-order valence-electron chi connectivity index (χ4n) is 1.48. The van der Waals surface area contributed by atoms with Gasteiger partial charge in [-0.15, -0.1) is 0 Å². The first-order valence-corrected chi connectivity index (χ1v) is 5.90. The van der Waals surface area contributed by atoms with Crippen LogP contribution in [-0.4, -0.2) is 44.2 Å². The second-order valence-corrected chi connectivity index (χ2v) is 4.23. The number of methoxy groups -OCH3 is 1. The number of benzene rings is 1.